The van der Waals surface area contributed by atoms with E-state index in [9.17, 15) is 0 Å². The molecule has 0 aliphatic carbocycles. The fraction of sp³-hybridized carbons (Fsp3) is 0.333. The molecule has 0 saturated heterocycles. The van der Waals surface area contributed by atoms with Crippen molar-refractivity contribution >= 4 is 22.9 Å². The summed E-state index contributed by atoms with van der Waals surface area (Å²) in [7, 11) is 1.67. The van der Waals surface area contributed by atoms with Gasteiger partial charge in [-0.25, -0.2) is 0 Å². The zero-order valence-electron chi connectivity index (χ0n) is 7.47. The van der Waals surface area contributed by atoms with Gasteiger partial charge in [-0.3, -0.25) is 0 Å². The lowest BCUT2D eigenvalue weighted by Gasteiger charge is -2.03. The minimum atomic E-state index is 0.621. The first-order valence-electron chi connectivity index (χ1n) is 3.88. The van der Waals surface area contributed by atoms with Crippen LogP contribution in [0.1, 0.15) is 4.88 Å². The van der Waals surface area contributed by atoms with Gasteiger partial charge in [0.1, 0.15) is 5.75 Å². The second-order valence-electron chi connectivity index (χ2n) is 2.53. The molecule has 0 aliphatic heterocycles. The van der Waals surface area contributed by atoms with Crippen LogP contribution in [0.25, 0.3) is 0 Å². The summed E-state index contributed by atoms with van der Waals surface area (Å²) >= 11 is 7.27. The zero-order chi connectivity index (χ0) is 9.68. The number of hydrogen-bond acceptors (Lipinski definition) is 3. The van der Waals surface area contributed by atoms with Gasteiger partial charge in [-0.1, -0.05) is 18.2 Å². The first-order chi connectivity index (χ1) is 6.24. The monoisotopic (exact) mass is 217 g/mol. The van der Waals surface area contributed by atoms with E-state index in [1.54, 1.807) is 18.4 Å². The average molecular weight is 218 g/mol. The van der Waals surface area contributed by atoms with Gasteiger partial charge in [-0.2, -0.15) is 0 Å². The summed E-state index contributed by atoms with van der Waals surface area (Å²) in [5.41, 5.74) is 0. The predicted octanol–water partition coefficient (Wildman–Crippen LogP) is 2.60. The maximum Gasteiger partial charge on any atom is 0.134 e. The third-order valence-corrected chi connectivity index (χ3v) is 2.56. The van der Waals surface area contributed by atoms with Gasteiger partial charge in [-0.05, 0) is 11.4 Å². The highest BCUT2D eigenvalue weighted by molar-refractivity contribution is 7.10. The first-order valence-corrected chi connectivity index (χ1v) is 5.14. The number of hydrogen-bond donors (Lipinski definition) is 1. The molecule has 0 amide bonds. The van der Waals surface area contributed by atoms with E-state index >= 15 is 0 Å². The van der Waals surface area contributed by atoms with Crippen molar-refractivity contribution in [3.8, 4) is 5.75 Å². The van der Waals surface area contributed by atoms with Crippen molar-refractivity contribution in [2.24, 2.45) is 0 Å². The van der Waals surface area contributed by atoms with E-state index in [2.05, 4.69) is 11.9 Å². The van der Waals surface area contributed by atoms with E-state index in [0.717, 1.165) is 12.3 Å². The van der Waals surface area contributed by atoms with Gasteiger partial charge in [0.05, 0.1) is 12.0 Å². The van der Waals surface area contributed by atoms with E-state index in [-0.39, 0.29) is 0 Å². The Morgan fingerprint density at radius 2 is 2.54 bits per heavy atom. The zero-order valence-corrected chi connectivity index (χ0v) is 9.04. The number of halogens is 1. The third kappa shape index (κ3) is 3.38. The Bertz CT molecular complexity index is 285. The minimum Gasteiger partial charge on any atom is -0.496 e. The Kier molecular flexibility index (Phi) is 4.28. The molecule has 1 heterocycles. The van der Waals surface area contributed by atoms with Gasteiger partial charge < -0.3 is 10.1 Å². The number of ether oxygens (including phenoxy) is 1. The Labute approximate surface area is 87.2 Å². The maximum absolute atomic E-state index is 5.61. The minimum absolute atomic E-state index is 0.621. The second kappa shape index (κ2) is 5.27. The molecule has 0 saturated carbocycles. The van der Waals surface area contributed by atoms with E-state index in [1.165, 1.54) is 4.88 Å². The molecule has 0 radical (unpaired) electrons. The molecule has 0 unspecified atom stereocenters. The topological polar surface area (TPSA) is 21.3 Å². The van der Waals surface area contributed by atoms with Gasteiger partial charge >= 0.3 is 0 Å². The van der Waals surface area contributed by atoms with E-state index in [0.29, 0.717) is 11.6 Å². The molecule has 0 aliphatic rings. The maximum atomic E-state index is 5.61. The van der Waals surface area contributed by atoms with Crippen LogP contribution in [0.5, 0.6) is 5.75 Å². The summed E-state index contributed by atoms with van der Waals surface area (Å²) in [6, 6.07) is 1.96. The molecule has 0 bridgehead atoms. The van der Waals surface area contributed by atoms with Gasteiger partial charge in [0, 0.05) is 18.1 Å². The van der Waals surface area contributed by atoms with Crippen LogP contribution in [0, 0.1) is 0 Å². The summed E-state index contributed by atoms with van der Waals surface area (Å²) in [5.74, 6) is 0.928. The molecule has 13 heavy (non-hydrogen) atoms. The molecule has 2 nitrogen and oxygen atoms in total. The standard InChI is InChI=1S/C9H12ClNOS/c1-7(10)5-11-6-9-8(12-2)3-4-13-9/h3-4,11H,1,5-6H2,2H3. The van der Waals surface area contributed by atoms with E-state index < -0.39 is 0 Å². The Morgan fingerprint density at radius 1 is 1.77 bits per heavy atom. The summed E-state index contributed by atoms with van der Waals surface area (Å²) in [6.45, 7) is 4.99. The van der Waals surface area contributed by atoms with Gasteiger partial charge in [0.25, 0.3) is 0 Å². The number of nitrogens with one attached hydrogen (secondary N) is 1. The van der Waals surface area contributed by atoms with Crippen molar-refractivity contribution in [2.75, 3.05) is 13.7 Å². The lowest BCUT2D eigenvalue weighted by atomic mass is 10.4. The molecule has 72 valence electrons. The van der Waals surface area contributed by atoms with Crippen molar-refractivity contribution in [3.05, 3.63) is 27.9 Å². The highest BCUT2D eigenvalue weighted by Gasteiger charge is 2.02. The normalized spacial score (nSPS) is 10.0. The Balaban J connectivity index is 2.40. The highest BCUT2D eigenvalue weighted by atomic mass is 35.5. The molecule has 4 heteroatoms. The largest absolute Gasteiger partial charge is 0.496 e. The number of rotatable bonds is 5. The lowest BCUT2D eigenvalue weighted by Crippen LogP contribution is -2.13. The summed E-state index contributed by atoms with van der Waals surface area (Å²) < 4.78 is 5.16. The summed E-state index contributed by atoms with van der Waals surface area (Å²) in [5, 5.41) is 5.79. The van der Waals surface area contributed by atoms with Gasteiger partial charge in [-0.15, -0.1) is 11.3 Å². The predicted molar refractivity (Wildman–Crippen MR) is 57.6 cm³/mol. The second-order valence-corrected chi connectivity index (χ2v) is 4.07. The lowest BCUT2D eigenvalue weighted by molar-refractivity contribution is 0.411. The summed E-state index contributed by atoms with van der Waals surface area (Å²) in [6.07, 6.45) is 0. The molecule has 0 aromatic carbocycles. The fourth-order valence-corrected chi connectivity index (χ4v) is 1.85. The smallest absolute Gasteiger partial charge is 0.134 e. The molecule has 0 fully saturated rings. The van der Waals surface area contributed by atoms with E-state index in [4.69, 9.17) is 16.3 Å². The first kappa shape index (κ1) is 10.6. The number of thiophene rings is 1. The number of methoxy groups -OCH3 is 1. The van der Waals surface area contributed by atoms with Crippen molar-refractivity contribution in [2.45, 2.75) is 6.54 Å². The molecule has 1 aromatic heterocycles. The van der Waals surface area contributed by atoms with Crippen LogP contribution in [0.3, 0.4) is 0 Å². The van der Waals surface area contributed by atoms with Gasteiger partial charge in [0.2, 0.25) is 0 Å². The molecule has 1 aromatic rings. The van der Waals surface area contributed by atoms with Crippen LogP contribution < -0.4 is 10.1 Å². The van der Waals surface area contributed by atoms with Gasteiger partial charge in [0.15, 0.2) is 0 Å². The quantitative estimate of drug-likeness (QED) is 0.819. The molecular formula is C9H12ClNOS. The van der Waals surface area contributed by atoms with Crippen molar-refractivity contribution in [1.29, 1.82) is 0 Å². The van der Waals surface area contributed by atoms with Crippen molar-refractivity contribution < 1.29 is 4.74 Å². The van der Waals surface area contributed by atoms with Crippen LogP contribution >= 0.6 is 22.9 Å². The molecule has 1 rings (SSSR count). The van der Waals surface area contributed by atoms with Crippen LogP contribution in [-0.2, 0) is 6.54 Å². The molecular weight excluding hydrogens is 206 g/mol. The Morgan fingerprint density at radius 3 is 3.15 bits per heavy atom. The molecule has 0 atom stereocenters. The van der Waals surface area contributed by atoms with Crippen LogP contribution in [0.15, 0.2) is 23.1 Å². The summed E-state index contributed by atoms with van der Waals surface area (Å²) in [4.78, 5) is 1.18. The SMILES string of the molecule is C=C(Cl)CNCc1sccc1OC. The Hall–Kier alpha value is -0.510. The van der Waals surface area contributed by atoms with E-state index in [1.807, 2.05) is 11.4 Å². The molecule has 1 N–H and O–H groups in total. The third-order valence-electron chi connectivity index (χ3n) is 1.53. The molecule has 0 spiro atoms. The van der Waals surface area contributed by atoms with Crippen LogP contribution in [0.4, 0.5) is 0 Å². The average Bonchev–Trinajstić information content (AvgIpc) is 2.51. The van der Waals surface area contributed by atoms with Crippen molar-refractivity contribution in [1.82, 2.24) is 5.32 Å². The van der Waals surface area contributed by atoms with Crippen LogP contribution in [0.2, 0.25) is 0 Å². The highest BCUT2D eigenvalue weighted by Crippen LogP contribution is 2.23. The fourth-order valence-electron chi connectivity index (χ4n) is 0.951. The van der Waals surface area contributed by atoms with Crippen molar-refractivity contribution in [3.63, 3.8) is 0 Å². The van der Waals surface area contributed by atoms with Crippen LogP contribution in [-0.4, -0.2) is 13.7 Å².